The summed E-state index contributed by atoms with van der Waals surface area (Å²) < 4.78 is 24.8. The van der Waals surface area contributed by atoms with Crippen LogP contribution in [0.2, 0.25) is 5.02 Å². The first-order valence-electron chi connectivity index (χ1n) is 7.94. The topological polar surface area (TPSA) is 77.1 Å². The largest absolute Gasteiger partial charge is 0.488 e. The number of aromatic nitrogens is 3. The number of carbonyl (C=O) groups excluding carboxylic acids is 1. The lowest BCUT2D eigenvalue weighted by atomic mass is 10.1. The number of nitrogens with one attached hydrogen (secondary N) is 1. The Bertz CT molecular complexity index is 980. The molecular weight excluding hydrogens is 441 g/mol. The highest BCUT2D eigenvalue weighted by atomic mass is 79.9. The average Bonchev–Trinajstić information content (AvgIpc) is 3.12. The second-order valence-electron chi connectivity index (χ2n) is 5.41. The summed E-state index contributed by atoms with van der Waals surface area (Å²) in [6.07, 6.45) is 0. The Labute approximate surface area is 167 Å². The molecule has 6 nitrogen and oxygen atoms in total. The van der Waals surface area contributed by atoms with Crippen molar-refractivity contribution in [1.82, 2.24) is 15.4 Å². The van der Waals surface area contributed by atoms with Gasteiger partial charge in [0.1, 0.15) is 23.9 Å². The predicted molar refractivity (Wildman–Crippen MR) is 101 cm³/mol. The zero-order valence-electron chi connectivity index (χ0n) is 14.1. The monoisotopic (exact) mass is 453 g/mol. The number of rotatable bonds is 6. The molecule has 0 unspecified atom stereocenters. The van der Waals surface area contributed by atoms with E-state index in [-0.39, 0.29) is 23.9 Å². The summed E-state index contributed by atoms with van der Waals surface area (Å²) in [4.78, 5) is 12.1. The Hall–Kier alpha value is -2.45. The van der Waals surface area contributed by atoms with Gasteiger partial charge in [-0.2, -0.15) is 10.3 Å². The Balaban J connectivity index is 1.92. The molecule has 27 heavy (non-hydrogen) atoms. The van der Waals surface area contributed by atoms with Gasteiger partial charge in [-0.15, -0.1) is 5.10 Å². The van der Waals surface area contributed by atoms with Crippen molar-refractivity contribution in [2.45, 2.75) is 13.5 Å². The summed E-state index contributed by atoms with van der Waals surface area (Å²) >= 11 is 9.44. The molecule has 2 aromatic carbocycles. The molecule has 140 valence electrons. The first-order chi connectivity index (χ1) is 13.0. The first-order valence-corrected chi connectivity index (χ1v) is 9.11. The van der Waals surface area contributed by atoms with E-state index in [1.54, 1.807) is 31.2 Å². The minimum absolute atomic E-state index is 0.0552. The molecule has 0 aliphatic carbocycles. The van der Waals surface area contributed by atoms with E-state index in [0.29, 0.717) is 22.6 Å². The molecule has 1 aromatic heterocycles. The second kappa shape index (κ2) is 8.49. The molecule has 3 rings (SSSR count). The third kappa shape index (κ3) is 4.45. The van der Waals surface area contributed by atoms with Crippen molar-refractivity contribution in [3.63, 3.8) is 0 Å². The van der Waals surface area contributed by atoms with Crippen LogP contribution in [-0.4, -0.2) is 28.0 Å². The number of halogens is 3. The smallest absolute Gasteiger partial charge is 0.361 e. The van der Waals surface area contributed by atoms with Crippen molar-refractivity contribution < 1.29 is 18.7 Å². The van der Waals surface area contributed by atoms with Crippen LogP contribution in [0, 0.1) is 5.82 Å². The Morgan fingerprint density at radius 2 is 2.07 bits per heavy atom. The molecule has 0 fully saturated rings. The number of H-pyrrole nitrogens is 1. The van der Waals surface area contributed by atoms with Crippen LogP contribution in [0.1, 0.15) is 23.0 Å². The highest BCUT2D eigenvalue weighted by Crippen LogP contribution is 2.34. The van der Waals surface area contributed by atoms with Crippen LogP contribution in [0.5, 0.6) is 5.75 Å². The molecule has 1 heterocycles. The first kappa shape index (κ1) is 19.3. The van der Waals surface area contributed by atoms with Gasteiger partial charge in [0.05, 0.1) is 11.6 Å². The molecule has 0 radical (unpaired) electrons. The van der Waals surface area contributed by atoms with Crippen LogP contribution >= 0.6 is 27.5 Å². The molecule has 0 saturated heterocycles. The van der Waals surface area contributed by atoms with Crippen molar-refractivity contribution >= 4 is 33.5 Å². The van der Waals surface area contributed by atoms with Crippen molar-refractivity contribution in [3.05, 3.63) is 63.0 Å². The lowest BCUT2D eigenvalue weighted by molar-refractivity contribution is 0.0520. The molecule has 3 aromatic rings. The summed E-state index contributed by atoms with van der Waals surface area (Å²) in [6.45, 7) is 2.04. The van der Waals surface area contributed by atoms with Gasteiger partial charge in [0.2, 0.25) is 0 Å². The van der Waals surface area contributed by atoms with Crippen molar-refractivity contribution in [1.29, 1.82) is 0 Å². The lowest BCUT2D eigenvalue weighted by Gasteiger charge is -2.12. The molecule has 9 heteroatoms. The predicted octanol–water partition coefficient (Wildman–Crippen LogP) is 4.78. The molecule has 0 bridgehead atoms. The van der Waals surface area contributed by atoms with Gasteiger partial charge >= 0.3 is 5.97 Å². The molecule has 0 amide bonds. The van der Waals surface area contributed by atoms with E-state index in [0.717, 1.165) is 4.47 Å². The van der Waals surface area contributed by atoms with Gasteiger partial charge in [-0.25, -0.2) is 9.18 Å². The average molecular weight is 455 g/mol. The maximum absolute atomic E-state index is 13.2. The summed E-state index contributed by atoms with van der Waals surface area (Å²) in [6, 6.07) is 9.34. The van der Waals surface area contributed by atoms with Gasteiger partial charge in [-0.1, -0.05) is 33.6 Å². The summed E-state index contributed by atoms with van der Waals surface area (Å²) in [7, 11) is 0. The van der Waals surface area contributed by atoms with Gasteiger partial charge in [0.25, 0.3) is 0 Å². The van der Waals surface area contributed by atoms with E-state index >= 15 is 0 Å². The highest BCUT2D eigenvalue weighted by Gasteiger charge is 2.22. The van der Waals surface area contributed by atoms with Gasteiger partial charge in [-0.05, 0) is 37.3 Å². The van der Waals surface area contributed by atoms with Crippen LogP contribution in [-0.2, 0) is 11.3 Å². The molecule has 0 atom stereocenters. The Kier molecular flexibility index (Phi) is 6.08. The van der Waals surface area contributed by atoms with Gasteiger partial charge < -0.3 is 9.47 Å². The third-order valence-electron chi connectivity index (χ3n) is 3.61. The molecule has 0 saturated carbocycles. The van der Waals surface area contributed by atoms with Crippen LogP contribution in [0.4, 0.5) is 4.39 Å². The van der Waals surface area contributed by atoms with Gasteiger partial charge in [-0.3, -0.25) is 0 Å². The summed E-state index contributed by atoms with van der Waals surface area (Å²) in [5.41, 5.74) is 1.52. The standard InChI is InChI=1S/C18H14BrClFN3O3/c1-2-26-18(25)17-16(22-24-23-17)13-7-11(19)4-6-15(13)27-9-10-3-5-12(21)8-14(10)20/h3-8H,2,9H2,1H3,(H,22,23,24). The number of hydrogen-bond acceptors (Lipinski definition) is 5. The number of carbonyl (C=O) groups is 1. The minimum Gasteiger partial charge on any atom is -0.488 e. The number of benzene rings is 2. The lowest BCUT2D eigenvalue weighted by Crippen LogP contribution is -2.07. The molecule has 1 N–H and O–H groups in total. The number of hydrogen-bond donors (Lipinski definition) is 1. The van der Waals surface area contributed by atoms with Crippen molar-refractivity contribution in [2.75, 3.05) is 6.61 Å². The maximum Gasteiger partial charge on any atom is 0.361 e. The SMILES string of the molecule is CCOC(=O)c1n[nH]nc1-c1cc(Br)ccc1OCc1ccc(F)cc1Cl. The quantitative estimate of drug-likeness (QED) is 0.542. The Morgan fingerprint density at radius 3 is 2.81 bits per heavy atom. The zero-order chi connectivity index (χ0) is 19.4. The van der Waals surface area contributed by atoms with E-state index in [1.807, 2.05) is 0 Å². The fourth-order valence-corrected chi connectivity index (χ4v) is 2.95. The van der Waals surface area contributed by atoms with Crippen molar-refractivity contribution in [3.8, 4) is 17.0 Å². The highest BCUT2D eigenvalue weighted by molar-refractivity contribution is 9.10. The van der Waals surface area contributed by atoms with Crippen LogP contribution in [0.3, 0.4) is 0 Å². The van der Waals surface area contributed by atoms with E-state index in [2.05, 4.69) is 31.3 Å². The fraction of sp³-hybridized carbons (Fsp3) is 0.167. The molecule has 0 aliphatic heterocycles. The summed E-state index contributed by atoms with van der Waals surface area (Å²) in [5.74, 6) is -0.554. The number of aromatic amines is 1. The van der Waals surface area contributed by atoms with E-state index in [4.69, 9.17) is 21.1 Å². The van der Waals surface area contributed by atoms with Gasteiger partial charge in [0.15, 0.2) is 5.69 Å². The van der Waals surface area contributed by atoms with E-state index < -0.39 is 11.8 Å². The summed E-state index contributed by atoms with van der Waals surface area (Å²) in [5, 5.41) is 10.6. The van der Waals surface area contributed by atoms with Crippen LogP contribution < -0.4 is 4.74 Å². The Morgan fingerprint density at radius 1 is 1.26 bits per heavy atom. The van der Waals surface area contributed by atoms with Crippen molar-refractivity contribution in [2.24, 2.45) is 0 Å². The van der Waals surface area contributed by atoms with Crippen LogP contribution in [0.15, 0.2) is 40.9 Å². The fourth-order valence-electron chi connectivity index (χ4n) is 2.37. The number of ether oxygens (including phenoxy) is 2. The van der Waals surface area contributed by atoms with Gasteiger partial charge in [0, 0.05) is 15.6 Å². The van der Waals surface area contributed by atoms with Crippen LogP contribution in [0.25, 0.3) is 11.3 Å². The zero-order valence-corrected chi connectivity index (χ0v) is 16.5. The second-order valence-corrected chi connectivity index (χ2v) is 6.73. The maximum atomic E-state index is 13.2. The molecule has 0 spiro atoms. The minimum atomic E-state index is -0.589. The molecule has 0 aliphatic rings. The number of esters is 1. The molecular formula is C18H14BrClFN3O3. The van der Waals surface area contributed by atoms with E-state index in [9.17, 15) is 9.18 Å². The number of nitrogens with zero attached hydrogens (tertiary/aromatic N) is 2. The third-order valence-corrected chi connectivity index (χ3v) is 4.46. The van der Waals surface area contributed by atoms with E-state index in [1.165, 1.54) is 12.1 Å². The normalized spacial score (nSPS) is 10.7.